The maximum absolute atomic E-state index is 5.96. The number of nitrogens with zero attached hydrogens (tertiary/aromatic N) is 2. The van der Waals surface area contributed by atoms with E-state index in [4.69, 9.17) is 16.3 Å². The van der Waals surface area contributed by atoms with Crippen molar-refractivity contribution < 1.29 is 4.74 Å². The van der Waals surface area contributed by atoms with E-state index in [1.165, 1.54) is 0 Å². The van der Waals surface area contributed by atoms with E-state index in [1.807, 2.05) is 25.1 Å². The molecule has 0 amide bonds. The number of fused-ring (bicyclic) bond motifs is 1. The van der Waals surface area contributed by atoms with E-state index in [9.17, 15) is 0 Å². The Bertz CT molecular complexity index is 603. The summed E-state index contributed by atoms with van der Waals surface area (Å²) in [5.41, 5.74) is 3.08. The van der Waals surface area contributed by atoms with Crippen LogP contribution in [0.1, 0.15) is 22.9 Å². The molecule has 0 fully saturated rings. The zero-order valence-electron chi connectivity index (χ0n) is 10.6. The topological polar surface area (TPSA) is 47.0 Å². The van der Waals surface area contributed by atoms with E-state index in [0.717, 1.165) is 23.4 Å². The Balaban J connectivity index is 1.93. The summed E-state index contributed by atoms with van der Waals surface area (Å²) in [7, 11) is 0. The van der Waals surface area contributed by atoms with Crippen LogP contribution in [-0.2, 0) is 6.54 Å². The lowest BCUT2D eigenvalue weighted by atomic mass is 10.2. The van der Waals surface area contributed by atoms with Crippen LogP contribution in [-0.4, -0.2) is 16.5 Å². The third-order valence-corrected chi connectivity index (χ3v) is 3.28. The summed E-state index contributed by atoms with van der Waals surface area (Å²) in [6.07, 6.45) is 1.65. The molecular weight excluding hydrogens is 262 g/mol. The van der Waals surface area contributed by atoms with Gasteiger partial charge in [-0.3, -0.25) is 4.98 Å². The molecule has 1 atom stereocenters. The fourth-order valence-electron chi connectivity index (χ4n) is 2.10. The summed E-state index contributed by atoms with van der Waals surface area (Å²) in [6, 6.07) is 7.71. The standard InChI is InChI=1S/C14H14ClN3O/c1-9-4-5-17-11(6-9)12-8-16-7-10-2-3-13(15)18-14(10)19-12/h2-6,12,16H,7-8H2,1H3/t12-/m0/s1. The van der Waals surface area contributed by atoms with Gasteiger partial charge in [0.1, 0.15) is 5.15 Å². The summed E-state index contributed by atoms with van der Waals surface area (Å²) < 4.78 is 5.96. The van der Waals surface area contributed by atoms with Crippen molar-refractivity contribution in [1.82, 2.24) is 15.3 Å². The van der Waals surface area contributed by atoms with Crippen LogP contribution < -0.4 is 10.1 Å². The van der Waals surface area contributed by atoms with Crippen LogP contribution in [0.4, 0.5) is 0 Å². The minimum absolute atomic E-state index is 0.146. The molecule has 3 rings (SSSR count). The molecule has 2 aromatic rings. The van der Waals surface area contributed by atoms with Gasteiger partial charge in [0.05, 0.1) is 5.69 Å². The van der Waals surface area contributed by atoms with Gasteiger partial charge in [-0.05, 0) is 36.8 Å². The molecule has 0 aliphatic carbocycles. The second-order valence-electron chi connectivity index (χ2n) is 4.59. The summed E-state index contributed by atoms with van der Waals surface area (Å²) in [4.78, 5) is 8.62. The SMILES string of the molecule is Cc1ccnc([C@@H]2CNCc3ccc(Cl)nc3O2)c1. The molecule has 0 saturated carbocycles. The number of nitrogens with one attached hydrogen (secondary N) is 1. The Kier molecular flexibility index (Phi) is 3.36. The molecule has 1 N–H and O–H groups in total. The number of hydrogen-bond donors (Lipinski definition) is 1. The molecule has 98 valence electrons. The number of halogens is 1. The zero-order chi connectivity index (χ0) is 13.2. The van der Waals surface area contributed by atoms with Crippen LogP contribution in [0.3, 0.4) is 0 Å². The Hall–Kier alpha value is -1.65. The minimum Gasteiger partial charge on any atom is -0.466 e. The van der Waals surface area contributed by atoms with Gasteiger partial charge < -0.3 is 10.1 Å². The smallest absolute Gasteiger partial charge is 0.220 e. The van der Waals surface area contributed by atoms with Crippen LogP contribution in [0.2, 0.25) is 5.15 Å². The van der Waals surface area contributed by atoms with Crippen molar-refractivity contribution >= 4 is 11.6 Å². The average Bonchev–Trinajstić information content (AvgIpc) is 2.60. The minimum atomic E-state index is -0.146. The van der Waals surface area contributed by atoms with E-state index in [0.29, 0.717) is 17.6 Å². The Morgan fingerprint density at radius 1 is 1.37 bits per heavy atom. The van der Waals surface area contributed by atoms with Crippen LogP contribution in [0, 0.1) is 6.92 Å². The van der Waals surface area contributed by atoms with Crippen LogP contribution >= 0.6 is 11.6 Å². The molecule has 0 radical (unpaired) electrons. The van der Waals surface area contributed by atoms with Crippen molar-refractivity contribution in [3.05, 3.63) is 52.4 Å². The van der Waals surface area contributed by atoms with Gasteiger partial charge in [-0.25, -0.2) is 4.98 Å². The average molecular weight is 276 g/mol. The van der Waals surface area contributed by atoms with E-state index < -0.39 is 0 Å². The summed E-state index contributed by atoms with van der Waals surface area (Å²) in [5, 5.41) is 3.78. The van der Waals surface area contributed by atoms with E-state index in [2.05, 4.69) is 15.3 Å². The lowest BCUT2D eigenvalue weighted by molar-refractivity contribution is 0.197. The van der Waals surface area contributed by atoms with Gasteiger partial charge in [-0.15, -0.1) is 0 Å². The van der Waals surface area contributed by atoms with Crippen LogP contribution in [0.25, 0.3) is 0 Å². The lowest BCUT2D eigenvalue weighted by Crippen LogP contribution is -2.22. The molecule has 1 aliphatic rings. The fraction of sp³-hybridized carbons (Fsp3) is 0.286. The van der Waals surface area contributed by atoms with Gasteiger partial charge in [0.15, 0.2) is 6.10 Å². The highest BCUT2D eigenvalue weighted by molar-refractivity contribution is 6.29. The van der Waals surface area contributed by atoms with Gasteiger partial charge in [0.2, 0.25) is 5.88 Å². The summed E-state index contributed by atoms with van der Waals surface area (Å²) >= 11 is 5.92. The Morgan fingerprint density at radius 3 is 3.11 bits per heavy atom. The lowest BCUT2D eigenvalue weighted by Gasteiger charge is -2.16. The van der Waals surface area contributed by atoms with Crippen molar-refractivity contribution in [3.63, 3.8) is 0 Å². The van der Waals surface area contributed by atoms with Crippen molar-refractivity contribution in [2.45, 2.75) is 19.6 Å². The third kappa shape index (κ3) is 2.69. The second kappa shape index (κ2) is 5.15. The van der Waals surface area contributed by atoms with Crippen molar-refractivity contribution in [3.8, 4) is 5.88 Å². The largest absolute Gasteiger partial charge is 0.466 e. The Labute approximate surface area is 116 Å². The first-order chi connectivity index (χ1) is 9.22. The summed E-state index contributed by atoms with van der Waals surface area (Å²) in [6.45, 7) is 3.46. The highest BCUT2D eigenvalue weighted by atomic mass is 35.5. The van der Waals surface area contributed by atoms with Gasteiger partial charge in [-0.2, -0.15) is 0 Å². The van der Waals surface area contributed by atoms with E-state index >= 15 is 0 Å². The predicted octanol–water partition coefficient (Wildman–Crippen LogP) is 2.66. The fourth-order valence-corrected chi connectivity index (χ4v) is 2.24. The molecule has 5 heteroatoms. The normalized spacial score (nSPS) is 18.3. The van der Waals surface area contributed by atoms with Gasteiger partial charge in [-0.1, -0.05) is 11.6 Å². The number of aromatic nitrogens is 2. The molecule has 2 aromatic heterocycles. The van der Waals surface area contributed by atoms with E-state index in [-0.39, 0.29) is 6.10 Å². The number of rotatable bonds is 1. The number of hydrogen-bond acceptors (Lipinski definition) is 4. The Morgan fingerprint density at radius 2 is 2.26 bits per heavy atom. The van der Waals surface area contributed by atoms with Crippen molar-refractivity contribution in [2.24, 2.45) is 0 Å². The van der Waals surface area contributed by atoms with Crippen molar-refractivity contribution in [1.29, 1.82) is 0 Å². The molecule has 0 spiro atoms. The third-order valence-electron chi connectivity index (χ3n) is 3.07. The molecule has 0 bridgehead atoms. The highest BCUT2D eigenvalue weighted by Crippen LogP contribution is 2.27. The molecule has 0 saturated heterocycles. The van der Waals surface area contributed by atoms with Gasteiger partial charge >= 0.3 is 0 Å². The molecule has 19 heavy (non-hydrogen) atoms. The molecule has 0 aromatic carbocycles. The molecular formula is C14H14ClN3O. The second-order valence-corrected chi connectivity index (χ2v) is 4.98. The number of aryl methyl sites for hydroxylation is 1. The first kappa shape index (κ1) is 12.4. The maximum Gasteiger partial charge on any atom is 0.220 e. The monoisotopic (exact) mass is 275 g/mol. The first-order valence-corrected chi connectivity index (χ1v) is 6.55. The van der Waals surface area contributed by atoms with Crippen LogP contribution in [0.5, 0.6) is 5.88 Å². The predicted molar refractivity (Wildman–Crippen MR) is 73.3 cm³/mol. The molecule has 1 aliphatic heterocycles. The summed E-state index contributed by atoms with van der Waals surface area (Å²) in [5.74, 6) is 0.589. The number of ether oxygens (including phenoxy) is 1. The highest BCUT2D eigenvalue weighted by Gasteiger charge is 2.21. The number of pyridine rings is 2. The first-order valence-electron chi connectivity index (χ1n) is 6.18. The zero-order valence-corrected chi connectivity index (χ0v) is 11.3. The van der Waals surface area contributed by atoms with Gasteiger partial charge in [0.25, 0.3) is 0 Å². The molecule has 3 heterocycles. The molecule has 4 nitrogen and oxygen atoms in total. The van der Waals surface area contributed by atoms with E-state index in [1.54, 1.807) is 12.3 Å². The quantitative estimate of drug-likeness (QED) is 0.813. The maximum atomic E-state index is 5.96. The van der Waals surface area contributed by atoms with Crippen molar-refractivity contribution in [2.75, 3.05) is 6.54 Å². The van der Waals surface area contributed by atoms with Crippen LogP contribution in [0.15, 0.2) is 30.5 Å². The molecule has 0 unspecified atom stereocenters. The van der Waals surface area contributed by atoms with Gasteiger partial charge in [0, 0.05) is 24.8 Å².